The zero-order chi connectivity index (χ0) is 13.9. The molecule has 1 unspecified atom stereocenters. The van der Waals surface area contributed by atoms with E-state index >= 15 is 0 Å². The highest BCUT2D eigenvalue weighted by molar-refractivity contribution is 5.62. The van der Waals surface area contributed by atoms with Crippen LogP contribution < -0.4 is 5.73 Å². The molecule has 20 heavy (non-hydrogen) atoms. The highest BCUT2D eigenvalue weighted by Crippen LogP contribution is 2.27. The molecule has 3 rings (SSSR count). The number of hydrogen-bond acceptors (Lipinski definition) is 5. The van der Waals surface area contributed by atoms with Crippen LogP contribution in [0.3, 0.4) is 0 Å². The topological polar surface area (TPSA) is 85.2 Å². The summed E-state index contributed by atoms with van der Waals surface area (Å²) in [5, 5.41) is 13.6. The molecule has 5 nitrogen and oxygen atoms in total. The van der Waals surface area contributed by atoms with Gasteiger partial charge in [-0.2, -0.15) is 4.98 Å². The van der Waals surface area contributed by atoms with E-state index in [2.05, 4.69) is 10.1 Å². The molecule has 0 fully saturated rings. The van der Waals surface area contributed by atoms with Crippen LogP contribution in [0.4, 0.5) is 0 Å². The monoisotopic (exact) mass is 267 g/mol. The summed E-state index contributed by atoms with van der Waals surface area (Å²) in [4.78, 5) is 4.25. The van der Waals surface area contributed by atoms with Gasteiger partial charge in [0, 0.05) is 0 Å². The molecule has 3 aromatic rings. The van der Waals surface area contributed by atoms with Gasteiger partial charge in [0.25, 0.3) is 0 Å². The fraction of sp³-hybridized carbons (Fsp3) is 0.0667. The molecule has 0 radical (unpaired) electrons. The predicted molar refractivity (Wildman–Crippen MR) is 73.9 cm³/mol. The predicted octanol–water partition coefficient (Wildman–Crippen LogP) is 2.49. The summed E-state index contributed by atoms with van der Waals surface area (Å²) in [7, 11) is 0. The summed E-state index contributed by atoms with van der Waals surface area (Å²) in [6.45, 7) is 0. The third-order valence-corrected chi connectivity index (χ3v) is 3.01. The van der Waals surface area contributed by atoms with Gasteiger partial charge < -0.3 is 15.4 Å². The molecular formula is C15H13N3O2. The van der Waals surface area contributed by atoms with Crippen LogP contribution in [0.2, 0.25) is 0 Å². The smallest absolute Gasteiger partial charge is 0.248 e. The van der Waals surface area contributed by atoms with Crippen molar-refractivity contribution in [3.05, 3.63) is 66.1 Å². The van der Waals surface area contributed by atoms with Crippen molar-refractivity contribution in [3.63, 3.8) is 0 Å². The summed E-state index contributed by atoms with van der Waals surface area (Å²) in [5.74, 6) is 0.743. The van der Waals surface area contributed by atoms with Crippen LogP contribution in [0.25, 0.3) is 11.4 Å². The first-order valence-electron chi connectivity index (χ1n) is 6.18. The van der Waals surface area contributed by atoms with E-state index in [1.807, 2.05) is 30.3 Å². The van der Waals surface area contributed by atoms with E-state index in [-0.39, 0.29) is 5.75 Å². The van der Waals surface area contributed by atoms with E-state index in [1.165, 1.54) is 0 Å². The quantitative estimate of drug-likeness (QED) is 0.761. The first kappa shape index (κ1) is 12.4. The highest BCUT2D eigenvalue weighted by atomic mass is 16.5. The molecule has 0 amide bonds. The number of phenols is 1. The van der Waals surface area contributed by atoms with E-state index in [0.29, 0.717) is 17.3 Å². The number of nitrogens with two attached hydrogens (primary N) is 1. The van der Waals surface area contributed by atoms with Crippen molar-refractivity contribution in [1.82, 2.24) is 10.1 Å². The van der Waals surface area contributed by atoms with E-state index in [4.69, 9.17) is 10.3 Å². The Balaban J connectivity index is 1.93. The molecule has 1 atom stereocenters. The Hall–Kier alpha value is -2.66. The minimum Gasteiger partial charge on any atom is -0.507 e. The van der Waals surface area contributed by atoms with Crippen LogP contribution in [-0.2, 0) is 0 Å². The zero-order valence-electron chi connectivity index (χ0n) is 10.6. The molecule has 3 N–H and O–H groups in total. The zero-order valence-corrected chi connectivity index (χ0v) is 10.6. The lowest BCUT2D eigenvalue weighted by Crippen LogP contribution is -2.11. The molecule has 0 spiro atoms. The second-order valence-corrected chi connectivity index (χ2v) is 4.36. The Kier molecular flexibility index (Phi) is 3.18. The van der Waals surface area contributed by atoms with Gasteiger partial charge in [0.1, 0.15) is 11.8 Å². The number of benzene rings is 2. The van der Waals surface area contributed by atoms with Gasteiger partial charge in [-0.1, -0.05) is 47.6 Å². The van der Waals surface area contributed by atoms with Gasteiger partial charge in [-0.05, 0) is 17.7 Å². The van der Waals surface area contributed by atoms with Crippen molar-refractivity contribution in [3.8, 4) is 17.1 Å². The summed E-state index contributed by atoms with van der Waals surface area (Å²) < 4.78 is 5.19. The third kappa shape index (κ3) is 2.26. The summed E-state index contributed by atoms with van der Waals surface area (Å²) in [6.07, 6.45) is 0. The average molecular weight is 267 g/mol. The van der Waals surface area contributed by atoms with Crippen molar-refractivity contribution in [1.29, 1.82) is 0 Å². The van der Waals surface area contributed by atoms with Crippen LogP contribution in [0.15, 0.2) is 59.1 Å². The Morgan fingerprint density at radius 2 is 1.70 bits per heavy atom. The van der Waals surface area contributed by atoms with Crippen molar-refractivity contribution >= 4 is 0 Å². The summed E-state index contributed by atoms with van der Waals surface area (Å²) >= 11 is 0. The number of rotatable bonds is 3. The van der Waals surface area contributed by atoms with E-state index in [9.17, 15) is 5.11 Å². The number of para-hydroxylation sites is 1. The second-order valence-electron chi connectivity index (χ2n) is 4.36. The van der Waals surface area contributed by atoms with Crippen molar-refractivity contribution in [2.24, 2.45) is 5.73 Å². The van der Waals surface area contributed by atoms with E-state index < -0.39 is 6.04 Å². The first-order valence-corrected chi connectivity index (χ1v) is 6.18. The molecule has 0 aliphatic rings. The second kappa shape index (κ2) is 5.14. The molecule has 0 aliphatic heterocycles. The third-order valence-electron chi connectivity index (χ3n) is 3.01. The van der Waals surface area contributed by atoms with Crippen molar-refractivity contribution < 1.29 is 9.63 Å². The molecule has 100 valence electrons. The van der Waals surface area contributed by atoms with Crippen molar-refractivity contribution in [2.45, 2.75) is 6.04 Å². The lowest BCUT2D eigenvalue weighted by Gasteiger charge is -2.05. The normalized spacial score (nSPS) is 12.2. The molecule has 0 aliphatic carbocycles. The first-order chi connectivity index (χ1) is 9.75. The summed E-state index contributed by atoms with van der Waals surface area (Å²) in [6, 6.07) is 15.8. The molecule has 5 heteroatoms. The minimum atomic E-state index is -0.483. The van der Waals surface area contributed by atoms with Gasteiger partial charge in [0.15, 0.2) is 0 Å². The molecule has 1 heterocycles. The lowest BCUT2D eigenvalue weighted by atomic mass is 10.1. The van der Waals surface area contributed by atoms with Crippen LogP contribution in [0.1, 0.15) is 17.5 Å². The van der Waals surface area contributed by atoms with E-state index in [1.54, 1.807) is 24.3 Å². The van der Waals surface area contributed by atoms with Crippen LogP contribution in [0, 0.1) is 0 Å². The van der Waals surface area contributed by atoms with Crippen LogP contribution >= 0.6 is 0 Å². The fourth-order valence-corrected chi connectivity index (χ4v) is 1.94. The number of aromatic nitrogens is 2. The molecule has 1 aromatic heterocycles. The Labute approximate surface area is 115 Å². The van der Waals surface area contributed by atoms with Gasteiger partial charge in [-0.25, -0.2) is 0 Å². The van der Waals surface area contributed by atoms with Crippen LogP contribution in [-0.4, -0.2) is 15.2 Å². The maximum atomic E-state index is 9.78. The largest absolute Gasteiger partial charge is 0.507 e. The van der Waals surface area contributed by atoms with Gasteiger partial charge in [-0.3, -0.25) is 0 Å². The Morgan fingerprint density at radius 3 is 2.45 bits per heavy atom. The highest BCUT2D eigenvalue weighted by Gasteiger charge is 2.18. The SMILES string of the molecule is NC(c1ccccc1)c1nc(-c2ccccc2O)no1. The van der Waals surface area contributed by atoms with Gasteiger partial charge in [0.2, 0.25) is 11.7 Å². The standard InChI is InChI=1S/C15H13N3O2/c16-13(10-6-2-1-3-7-10)15-17-14(18-20-15)11-8-4-5-9-12(11)19/h1-9,13,19H,16H2. The maximum absolute atomic E-state index is 9.78. The minimum absolute atomic E-state index is 0.105. The number of nitrogens with zero attached hydrogens (tertiary/aromatic N) is 2. The number of aromatic hydroxyl groups is 1. The van der Waals surface area contributed by atoms with Gasteiger partial charge in [-0.15, -0.1) is 0 Å². The number of hydrogen-bond donors (Lipinski definition) is 2. The molecular weight excluding hydrogens is 254 g/mol. The maximum Gasteiger partial charge on any atom is 0.248 e. The van der Waals surface area contributed by atoms with Gasteiger partial charge in [0.05, 0.1) is 5.56 Å². The Morgan fingerprint density at radius 1 is 1.00 bits per heavy atom. The van der Waals surface area contributed by atoms with Gasteiger partial charge >= 0.3 is 0 Å². The summed E-state index contributed by atoms with van der Waals surface area (Å²) in [5.41, 5.74) is 7.49. The molecule has 2 aromatic carbocycles. The molecule has 0 bridgehead atoms. The fourth-order valence-electron chi connectivity index (χ4n) is 1.94. The van der Waals surface area contributed by atoms with E-state index in [0.717, 1.165) is 5.56 Å². The molecule has 0 saturated carbocycles. The average Bonchev–Trinajstić information content (AvgIpc) is 2.97. The number of phenolic OH excluding ortho intramolecular Hbond substituents is 1. The lowest BCUT2D eigenvalue weighted by molar-refractivity contribution is 0.367. The Bertz CT molecular complexity index is 710. The van der Waals surface area contributed by atoms with Crippen molar-refractivity contribution in [2.75, 3.05) is 0 Å². The molecule has 0 saturated heterocycles. The van der Waals surface area contributed by atoms with Crippen LogP contribution in [0.5, 0.6) is 5.75 Å².